The van der Waals surface area contributed by atoms with Gasteiger partial charge in [0, 0.05) is 9.61 Å². The average molecular weight is 378 g/mol. The number of hydrogen-bond acceptors (Lipinski definition) is 2. The number of nitrogens with two attached hydrogens (primary N) is 1. The molecule has 0 radical (unpaired) electrons. The standard InChI is InChI=1S/C17H19IN2/c1-11-5-4-8-15(17(11)18)16(20-19)10-13-9-12-6-2-3-7-14(12)13/h2-8,13,16,20H,9-10,19H2,1H3. The zero-order valence-corrected chi connectivity index (χ0v) is 13.7. The lowest BCUT2D eigenvalue weighted by Gasteiger charge is -2.33. The smallest absolute Gasteiger partial charge is 0.0476 e. The van der Waals surface area contributed by atoms with E-state index in [0.717, 1.165) is 6.42 Å². The topological polar surface area (TPSA) is 38.0 Å². The van der Waals surface area contributed by atoms with Gasteiger partial charge in [0.2, 0.25) is 0 Å². The number of halogens is 1. The summed E-state index contributed by atoms with van der Waals surface area (Å²) in [6, 6.07) is 15.4. The summed E-state index contributed by atoms with van der Waals surface area (Å²) in [4.78, 5) is 0. The summed E-state index contributed by atoms with van der Waals surface area (Å²) in [5.74, 6) is 6.45. The van der Waals surface area contributed by atoms with Gasteiger partial charge in [-0.3, -0.25) is 11.3 Å². The highest BCUT2D eigenvalue weighted by Crippen LogP contribution is 2.41. The van der Waals surface area contributed by atoms with Crippen LogP contribution >= 0.6 is 22.6 Å². The van der Waals surface area contributed by atoms with E-state index in [1.807, 2.05) is 0 Å². The van der Waals surface area contributed by atoms with E-state index in [9.17, 15) is 0 Å². The highest BCUT2D eigenvalue weighted by molar-refractivity contribution is 14.1. The van der Waals surface area contributed by atoms with Crippen molar-refractivity contribution in [2.75, 3.05) is 0 Å². The maximum Gasteiger partial charge on any atom is 0.0476 e. The number of hydrazine groups is 1. The Bertz CT molecular complexity index is 624. The lowest BCUT2D eigenvalue weighted by Crippen LogP contribution is -2.32. The van der Waals surface area contributed by atoms with Crippen molar-refractivity contribution >= 4 is 22.6 Å². The van der Waals surface area contributed by atoms with Crippen molar-refractivity contribution in [3.05, 3.63) is 68.3 Å². The Morgan fingerprint density at radius 3 is 2.80 bits per heavy atom. The highest BCUT2D eigenvalue weighted by atomic mass is 127. The Hall–Kier alpha value is -0.910. The molecule has 0 aliphatic heterocycles. The Morgan fingerprint density at radius 2 is 2.05 bits per heavy atom. The van der Waals surface area contributed by atoms with Crippen LogP contribution in [-0.2, 0) is 6.42 Å². The largest absolute Gasteiger partial charge is 0.271 e. The quantitative estimate of drug-likeness (QED) is 0.482. The third-order valence-electron chi connectivity index (χ3n) is 4.28. The molecule has 2 nitrogen and oxygen atoms in total. The summed E-state index contributed by atoms with van der Waals surface area (Å²) in [7, 11) is 0. The minimum absolute atomic E-state index is 0.222. The second kappa shape index (κ2) is 5.84. The lowest BCUT2D eigenvalue weighted by molar-refractivity contribution is 0.434. The van der Waals surface area contributed by atoms with Crippen LogP contribution in [-0.4, -0.2) is 0 Å². The Balaban J connectivity index is 1.81. The van der Waals surface area contributed by atoms with Gasteiger partial charge in [-0.25, -0.2) is 0 Å². The predicted octanol–water partition coefficient (Wildman–Crippen LogP) is 3.83. The van der Waals surface area contributed by atoms with Crippen LogP contribution in [0.3, 0.4) is 0 Å². The van der Waals surface area contributed by atoms with Gasteiger partial charge in [-0.2, -0.15) is 0 Å². The van der Waals surface area contributed by atoms with Gasteiger partial charge in [0.15, 0.2) is 0 Å². The van der Waals surface area contributed by atoms with Crippen LogP contribution in [0.1, 0.15) is 40.6 Å². The first kappa shape index (κ1) is 14.0. The Labute approximate surface area is 133 Å². The van der Waals surface area contributed by atoms with Crippen LogP contribution in [0, 0.1) is 10.5 Å². The van der Waals surface area contributed by atoms with Gasteiger partial charge in [-0.1, -0.05) is 42.5 Å². The van der Waals surface area contributed by atoms with Gasteiger partial charge in [0.25, 0.3) is 0 Å². The molecule has 0 fully saturated rings. The summed E-state index contributed by atoms with van der Waals surface area (Å²) >= 11 is 2.42. The molecule has 0 heterocycles. The number of rotatable bonds is 4. The van der Waals surface area contributed by atoms with Gasteiger partial charge < -0.3 is 0 Å². The fourth-order valence-corrected chi connectivity index (χ4v) is 3.82. The molecular weight excluding hydrogens is 359 g/mol. The molecule has 2 unspecified atom stereocenters. The number of nitrogens with one attached hydrogen (secondary N) is 1. The van der Waals surface area contributed by atoms with Gasteiger partial charge >= 0.3 is 0 Å². The molecule has 104 valence electrons. The third-order valence-corrected chi connectivity index (χ3v) is 5.75. The van der Waals surface area contributed by atoms with E-state index in [-0.39, 0.29) is 6.04 Å². The molecule has 2 aromatic rings. The summed E-state index contributed by atoms with van der Waals surface area (Å²) < 4.78 is 1.32. The molecule has 2 aromatic carbocycles. The SMILES string of the molecule is Cc1cccc(C(CC2Cc3ccccc32)NN)c1I. The zero-order chi connectivity index (χ0) is 14.1. The first-order valence-corrected chi connectivity index (χ1v) is 8.07. The van der Waals surface area contributed by atoms with Gasteiger partial charge in [-0.05, 0) is 70.5 Å². The van der Waals surface area contributed by atoms with Gasteiger partial charge in [0.1, 0.15) is 0 Å². The molecule has 0 aromatic heterocycles. The molecule has 3 heteroatoms. The molecular formula is C17H19IN2. The van der Waals surface area contributed by atoms with E-state index in [1.54, 1.807) is 0 Å². The molecule has 0 saturated heterocycles. The lowest BCUT2D eigenvalue weighted by atomic mass is 9.74. The number of aryl methyl sites for hydroxylation is 1. The molecule has 1 aliphatic rings. The molecule has 0 bridgehead atoms. The van der Waals surface area contributed by atoms with Crippen LogP contribution in [0.25, 0.3) is 0 Å². The molecule has 0 saturated carbocycles. The number of benzene rings is 2. The van der Waals surface area contributed by atoms with Crippen molar-refractivity contribution in [3.63, 3.8) is 0 Å². The third kappa shape index (κ3) is 2.50. The molecule has 3 rings (SSSR count). The summed E-state index contributed by atoms with van der Waals surface area (Å²) in [5, 5.41) is 0. The van der Waals surface area contributed by atoms with Crippen molar-refractivity contribution in [2.45, 2.75) is 31.7 Å². The molecule has 20 heavy (non-hydrogen) atoms. The van der Waals surface area contributed by atoms with Crippen molar-refractivity contribution < 1.29 is 0 Å². The minimum Gasteiger partial charge on any atom is -0.271 e. The zero-order valence-electron chi connectivity index (χ0n) is 11.6. The molecule has 3 N–H and O–H groups in total. The van der Waals surface area contributed by atoms with E-state index < -0.39 is 0 Å². The van der Waals surface area contributed by atoms with Crippen molar-refractivity contribution in [2.24, 2.45) is 5.84 Å². The Kier molecular flexibility index (Phi) is 4.10. The van der Waals surface area contributed by atoms with Crippen molar-refractivity contribution in [1.29, 1.82) is 0 Å². The number of hydrogen-bond donors (Lipinski definition) is 2. The summed E-state index contributed by atoms with van der Waals surface area (Å²) in [5.41, 5.74) is 8.63. The molecule has 0 spiro atoms. The normalized spacial score (nSPS) is 18.2. The van der Waals surface area contributed by atoms with Gasteiger partial charge in [0.05, 0.1) is 0 Å². The fraction of sp³-hybridized carbons (Fsp3) is 0.294. The van der Waals surface area contributed by atoms with E-state index in [1.165, 1.54) is 32.2 Å². The van der Waals surface area contributed by atoms with E-state index in [4.69, 9.17) is 5.84 Å². The van der Waals surface area contributed by atoms with E-state index in [2.05, 4.69) is 77.4 Å². The fourth-order valence-electron chi connectivity index (χ4n) is 3.08. The van der Waals surface area contributed by atoms with E-state index >= 15 is 0 Å². The second-order valence-electron chi connectivity index (χ2n) is 5.53. The van der Waals surface area contributed by atoms with Crippen LogP contribution in [0.4, 0.5) is 0 Å². The van der Waals surface area contributed by atoms with Crippen molar-refractivity contribution in [1.82, 2.24) is 5.43 Å². The second-order valence-corrected chi connectivity index (χ2v) is 6.61. The van der Waals surface area contributed by atoms with Gasteiger partial charge in [-0.15, -0.1) is 0 Å². The van der Waals surface area contributed by atoms with E-state index in [0.29, 0.717) is 5.92 Å². The van der Waals surface area contributed by atoms with Crippen LogP contribution in [0.2, 0.25) is 0 Å². The first-order valence-electron chi connectivity index (χ1n) is 6.99. The first-order chi connectivity index (χ1) is 9.70. The van der Waals surface area contributed by atoms with Crippen molar-refractivity contribution in [3.8, 4) is 0 Å². The Morgan fingerprint density at radius 1 is 1.25 bits per heavy atom. The van der Waals surface area contributed by atoms with Crippen LogP contribution in [0.5, 0.6) is 0 Å². The molecule has 1 aliphatic carbocycles. The monoisotopic (exact) mass is 378 g/mol. The maximum absolute atomic E-state index is 5.82. The minimum atomic E-state index is 0.222. The highest BCUT2D eigenvalue weighted by Gasteiger charge is 2.28. The molecule has 0 amide bonds. The maximum atomic E-state index is 5.82. The van der Waals surface area contributed by atoms with Crippen LogP contribution < -0.4 is 11.3 Å². The average Bonchev–Trinajstić information content (AvgIpc) is 2.44. The predicted molar refractivity (Wildman–Crippen MR) is 91.5 cm³/mol. The number of fused-ring (bicyclic) bond motifs is 1. The summed E-state index contributed by atoms with van der Waals surface area (Å²) in [6.45, 7) is 2.15. The molecule has 2 atom stereocenters. The summed E-state index contributed by atoms with van der Waals surface area (Å²) in [6.07, 6.45) is 2.24. The van der Waals surface area contributed by atoms with Crippen LogP contribution in [0.15, 0.2) is 42.5 Å².